The number of unbranched alkanes of at least 4 members (excludes halogenated alkanes) is 25. The molecule has 0 atom stereocenters. The van der Waals surface area contributed by atoms with Crippen molar-refractivity contribution in [2.75, 3.05) is 39.5 Å². The second-order valence-electron chi connectivity index (χ2n) is 15.4. The van der Waals surface area contributed by atoms with Crippen LogP contribution in [-0.4, -0.2) is 71.7 Å². The van der Waals surface area contributed by atoms with E-state index in [-0.39, 0.29) is 44.8 Å². The van der Waals surface area contributed by atoms with E-state index in [0.29, 0.717) is 26.2 Å². The van der Waals surface area contributed by atoms with Crippen molar-refractivity contribution in [1.82, 2.24) is 4.90 Å². The zero-order valence-corrected chi connectivity index (χ0v) is 38.4. The van der Waals surface area contributed by atoms with Crippen molar-refractivity contribution < 1.29 is 57.6 Å². The van der Waals surface area contributed by atoms with Gasteiger partial charge in [0.1, 0.15) is 6.10 Å². The third kappa shape index (κ3) is 48.4. The van der Waals surface area contributed by atoms with Crippen LogP contribution in [-0.2, 0) is 42.2 Å². The molecule has 0 aromatic rings. The number of nitrogens with zero attached hydrogens (tertiary/aromatic N) is 1. The van der Waals surface area contributed by atoms with Crippen molar-refractivity contribution in [3.05, 3.63) is 0 Å². The number of rotatable bonds is 41. The summed E-state index contributed by atoms with van der Waals surface area (Å²) in [4.78, 5) is 15.2. The van der Waals surface area contributed by atoms with Gasteiger partial charge in [-0.15, -0.1) is 0 Å². The second kappa shape index (κ2) is 51.4. The number of hydrogen-bond acceptors (Lipinski definition) is 6. The van der Waals surface area contributed by atoms with Crippen molar-refractivity contribution in [3.8, 4) is 0 Å². The van der Waals surface area contributed by atoms with Crippen molar-refractivity contribution in [1.29, 1.82) is 0 Å². The van der Waals surface area contributed by atoms with Gasteiger partial charge in [-0.25, -0.2) is 0 Å². The van der Waals surface area contributed by atoms with E-state index in [4.69, 9.17) is 20.1 Å². The van der Waals surface area contributed by atoms with Crippen LogP contribution in [0.4, 0.5) is 0 Å². The Morgan fingerprint density at radius 2 is 0.712 bits per heavy atom. The minimum Gasteiger partial charge on any atom is -0.462 e. The van der Waals surface area contributed by atoms with Crippen molar-refractivity contribution >= 4 is 5.97 Å². The predicted octanol–water partition coefficient (Wildman–Crippen LogP) is 12.5. The molecule has 0 unspecified atom stereocenters. The molecule has 0 saturated carbocycles. The predicted molar refractivity (Wildman–Crippen MR) is 222 cm³/mol. The third-order valence-electron chi connectivity index (χ3n) is 10.2. The normalized spacial score (nSPS) is 11.2. The Balaban J connectivity index is -0.00000189. The van der Waals surface area contributed by atoms with Crippen LogP contribution in [0, 0.1) is 0 Å². The molecule has 0 aromatic carbocycles. The largest absolute Gasteiger partial charge is 0.462 e. The van der Waals surface area contributed by atoms with Crippen LogP contribution in [0.15, 0.2) is 0 Å². The Morgan fingerprint density at radius 1 is 0.423 bits per heavy atom. The molecule has 0 fully saturated rings. The summed E-state index contributed by atoms with van der Waals surface area (Å²) < 4.78 is 6.01. The Labute approximate surface area is 351 Å². The second-order valence-corrected chi connectivity index (χ2v) is 15.4. The summed E-state index contributed by atoms with van der Waals surface area (Å²) in [5, 5.41) is 26.5. The van der Waals surface area contributed by atoms with E-state index in [9.17, 15) is 4.79 Å². The molecule has 0 bridgehead atoms. The summed E-state index contributed by atoms with van der Waals surface area (Å²) in [6, 6.07) is 0. The fraction of sp³-hybridized carbons (Fsp3) is 0.978. The van der Waals surface area contributed by atoms with Crippen LogP contribution in [0.2, 0.25) is 0 Å². The van der Waals surface area contributed by atoms with E-state index in [2.05, 4.69) is 25.7 Å². The van der Waals surface area contributed by atoms with Gasteiger partial charge in [-0.05, 0) is 96.7 Å². The van der Waals surface area contributed by atoms with Gasteiger partial charge in [-0.1, -0.05) is 156 Å². The van der Waals surface area contributed by atoms with E-state index < -0.39 is 0 Å². The van der Waals surface area contributed by atoms with Crippen LogP contribution in [0.3, 0.4) is 0 Å². The monoisotopic (exact) mass is 817 g/mol. The number of aliphatic hydroxyl groups excluding tert-OH is 3. The molecule has 0 rings (SSSR count). The SMILES string of the molecule is CCCCCCCCC(CCCCCCCC)OC(=O)CCCCCCCN(CCCCCO)CCCCCCO.CCCCCCCCCO.[Y]. The Kier molecular flexibility index (Phi) is 56.1. The smallest absolute Gasteiger partial charge is 0.306 e. The summed E-state index contributed by atoms with van der Waals surface area (Å²) in [6.07, 6.45) is 40.6. The molecule has 311 valence electrons. The molecule has 0 aliphatic rings. The fourth-order valence-corrected chi connectivity index (χ4v) is 6.78. The fourth-order valence-electron chi connectivity index (χ4n) is 6.78. The molecule has 0 spiro atoms. The van der Waals surface area contributed by atoms with Crippen LogP contribution in [0.25, 0.3) is 0 Å². The number of aliphatic hydroxyl groups is 3. The molecule has 0 aliphatic carbocycles. The van der Waals surface area contributed by atoms with Crippen LogP contribution in [0.1, 0.15) is 239 Å². The van der Waals surface area contributed by atoms with Gasteiger partial charge in [0.25, 0.3) is 0 Å². The molecule has 3 N–H and O–H groups in total. The van der Waals surface area contributed by atoms with Gasteiger partial charge in [0.05, 0.1) is 0 Å². The molecule has 0 heterocycles. The molecule has 0 aliphatic heterocycles. The quantitative estimate of drug-likeness (QED) is 0.0421. The maximum absolute atomic E-state index is 12.6. The minimum absolute atomic E-state index is 0. The van der Waals surface area contributed by atoms with Crippen LogP contribution in [0.5, 0.6) is 0 Å². The summed E-state index contributed by atoms with van der Waals surface area (Å²) in [5.74, 6) is 0.0298. The molecular formula is C45H93NO5Y. The maximum Gasteiger partial charge on any atom is 0.306 e. The van der Waals surface area contributed by atoms with Crippen molar-refractivity contribution in [2.24, 2.45) is 0 Å². The summed E-state index contributed by atoms with van der Waals surface area (Å²) >= 11 is 0. The average Bonchev–Trinajstić information content (AvgIpc) is 3.13. The van der Waals surface area contributed by atoms with Crippen molar-refractivity contribution in [3.63, 3.8) is 0 Å². The molecule has 0 aromatic heterocycles. The number of carbonyl (C=O) groups is 1. The molecular weight excluding hydrogens is 723 g/mol. The number of hydrogen-bond donors (Lipinski definition) is 3. The Hall–Kier alpha value is 0.414. The van der Waals surface area contributed by atoms with Crippen LogP contribution >= 0.6 is 0 Å². The first kappa shape index (κ1) is 56.7. The molecule has 1 radical (unpaired) electrons. The Morgan fingerprint density at radius 3 is 1.08 bits per heavy atom. The summed E-state index contributed by atoms with van der Waals surface area (Å²) in [6.45, 7) is 11.2. The first-order valence-corrected chi connectivity index (χ1v) is 22.8. The number of esters is 1. The van der Waals surface area contributed by atoms with E-state index in [1.807, 2.05) is 0 Å². The topological polar surface area (TPSA) is 90.2 Å². The van der Waals surface area contributed by atoms with Gasteiger partial charge in [-0.3, -0.25) is 4.79 Å². The first-order valence-electron chi connectivity index (χ1n) is 22.8. The average molecular weight is 817 g/mol. The van der Waals surface area contributed by atoms with Crippen molar-refractivity contribution in [2.45, 2.75) is 245 Å². The van der Waals surface area contributed by atoms with Crippen LogP contribution < -0.4 is 0 Å². The molecule has 0 saturated heterocycles. The zero-order chi connectivity index (χ0) is 37.7. The molecule has 7 heteroatoms. The van der Waals surface area contributed by atoms with Gasteiger partial charge < -0.3 is 25.0 Å². The zero-order valence-electron chi connectivity index (χ0n) is 35.5. The van der Waals surface area contributed by atoms with Gasteiger partial charge in [0.2, 0.25) is 0 Å². The molecule has 52 heavy (non-hydrogen) atoms. The Bertz CT molecular complexity index is 617. The van der Waals surface area contributed by atoms with Gasteiger partial charge in [0, 0.05) is 59.0 Å². The van der Waals surface area contributed by atoms with Gasteiger partial charge in [-0.2, -0.15) is 0 Å². The summed E-state index contributed by atoms with van der Waals surface area (Å²) in [5.41, 5.74) is 0. The minimum atomic E-state index is 0. The summed E-state index contributed by atoms with van der Waals surface area (Å²) in [7, 11) is 0. The first-order chi connectivity index (χ1) is 25.1. The standard InChI is InChI=1S/C36H73NO4.C9H20O.Y/c1-3-5-7-9-12-19-27-35(28-20-13-10-8-6-4-2)41-36(40)29-21-14-11-15-22-30-37(32-24-18-26-34-39)31-23-16-17-25-33-38;1-2-3-4-5-6-7-8-9-10;/h35,38-39H,3-34H2,1-2H3;10H,2-9H2,1H3;. The molecule has 6 nitrogen and oxygen atoms in total. The number of ether oxygens (including phenoxy) is 1. The van der Waals surface area contributed by atoms with E-state index in [0.717, 1.165) is 83.8 Å². The van der Waals surface area contributed by atoms with E-state index >= 15 is 0 Å². The van der Waals surface area contributed by atoms with Gasteiger partial charge in [0.15, 0.2) is 0 Å². The van der Waals surface area contributed by atoms with E-state index in [1.54, 1.807) is 0 Å². The van der Waals surface area contributed by atoms with E-state index in [1.165, 1.54) is 148 Å². The van der Waals surface area contributed by atoms with Gasteiger partial charge >= 0.3 is 5.97 Å². The number of carbonyl (C=O) groups excluding carboxylic acids is 1. The third-order valence-corrected chi connectivity index (χ3v) is 10.2. The molecule has 0 amide bonds. The maximum atomic E-state index is 12.6.